The summed E-state index contributed by atoms with van der Waals surface area (Å²) in [5.41, 5.74) is 1.28. The second-order valence-corrected chi connectivity index (χ2v) is 5.06. The summed E-state index contributed by atoms with van der Waals surface area (Å²) in [6, 6.07) is 8.65. The standard InChI is InChI=1S/C14H21NO/c1-10(15-11(2)13-5-6-13)9-12-3-7-14(16)8-4-12/h3-4,7-8,10-11,13,15-16H,5-6,9H2,1-2H3. The van der Waals surface area contributed by atoms with Gasteiger partial charge in [0.1, 0.15) is 5.75 Å². The highest BCUT2D eigenvalue weighted by molar-refractivity contribution is 5.26. The van der Waals surface area contributed by atoms with Crippen LogP contribution >= 0.6 is 0 Å². The molecule has 1 aliphatic carbocycles. The molecule has 0 radical (unpaired) electrons. The maximum Gasteiger partial charge on any atom is 0.115 e. The van der Waals surface area contributed by atoms with Gasteiger partial charge in [0.2, 0.25) is 0 Å². The first-order chi connectivity index (χ1) is 7.65. The number of hydrogen-bond acceptors (Lipinski definition) is 2. The van der Waals surface area contributed by atoms with E-state index in [-0.39, 0.29) is 0 Å². The predicted octanol–water partition coefficient (Wildman–Crippen LogP) is 2.71. The second-order valence-electron chi connectivity index (χ2n) is 5.06. The Morgan fingerprint density at radius 3 is 2.44 bits per heavy atom. The Balaban J connectivity index is 1.81. The second kappa shape index (κ2) is 4.88. The highest BCUT2D eigenvalue weighted by Crippen LogP contribution is 2.32. The average molecular weight is 219 g/mol. The minimum absolute atomic E-state index is 0.343. The van der Waals surface area contributed by atoms with Crippen molar-refractivity contribution in [2.75, 3.05) is 0 Å². The first-order valence-electron chi connectivity index (χ1n) is 6.19. The van der Waals surface area contributed by atoms with Crippen LogP contribution < -0.4 is 5.32 Å². The zero-order valence-corrected chi connectivity index (χ0v) is 10.1. The van der Waals surface area contributed by atoms with E-state index in [1.54, 1.807) is 12.1 Å². The molecule has 0 aliphatic heterocycles. The monoisotopic (exact) mass is 219 g/mol. The zero-order chi connectivity index (χ0) is 11.5. The SMILES string of the molecule is CC(Cc1ccc(O)cc1)NC(C)C1CC1. The maximum absolute atomic E-state index is 9.20. The highest BCUT2D eigenvalue weighted by Gasteiger charge is 2.28. The fourth-order valence-corrected chi connectivity index (χ4v) is 2.23. The van der Waals surface area contributed by atoms with E-state index in [1.165, 1.54) is 18.4 Å². The Kier molecular flexibility index (Phi) is 3.49. The van der Waals surface area contributed by atoms with Crippen LogP contribution in [0.25, 0.3) is 0 Å². The first-order valence-corrected chi connectivity index (χ1v) is 6.19. The Hall–Kier alpha value is -1.02. The molecule has 88 valence electrons. The van der Waals surface area contributed by atoms with Crippen molar-refractivity contribution in [3.05, 3.63) is 29.8 Å². The van der Waals surface area contributed by atoms with Gasteiger partial charge < -0.3 is 10.4 Å². The van der Waals surface area contributed by atoms with Crippen molar-refractivity contribution < 1.29 is 5.11 Å². The van der Waals surface area contributed by atoms with Crippen LogP contribution in [0, 0.1) is 5.92 Å². The highest BCUT2D eigenvalue weighted by atomic mass is 16.3. The lowest BCUT2D eigenvalue weighted by molar-refractivity contribution is 0.430. The molecule has 2 N–H and O–H groups in total. The summed E-state index contributed by atoms with van der Waals surface area (Å²) >= 11 is 0. The van der Waals surface area contributed by atoms with Gasteiger partial charge in [-0.25, -0.2) is 0 Å². The van der Waals surface area contributed by atoms with E-state index < -0.39 is 0 Å². The maximum atomic E-state index is 9.20. The number of benzene rings is 1. The molecule has 1 aromatic carbocycles. The third-order valence-corrected chi connectivity index (χ3v) is 3.35. The Morgan fingerprint density at radius 2 is 1.88 bits per heavy atom. The number of hydrogen-bond donors (Lipinski definition) is 2. The van der Waals surface area contributed by atoms with E-state index >= 15 is 0 Å². The van der Waals surface area contributed by atoms with Crippen LogP contribution in [0.15, 0.2) is 24.3 Å². The van der Waals surface area contributed by atoms with Gasteiger partial charge in [-0.2, -0.15) is 0 Å². The predicted molar refractivity (Wildman–Crippen MR) is 66.6 cm³/mol. The van der Waals surface area contributed by atoms with Crippen molar-refractivity contribution in [1.82, 2.24) is 5.32 Å². The van der Waals surface area contributed by atoms with E-state index in [0.717, 1.165) is 12.3 Å². The van der Waals surface area contributed by atoms with Crippen LogP contribution in [0.2, 0.25) is 0 Å². The van der Waals surface area contributed by atoms with E-state index in [2.05, 4.69) is 19.2 Å². The minimum atomic E-state index is 0.343. The molecule has 1 aliphatic rings. The quantitative estimate of drug-likeness (QED) is 0.798. The van der Waals surface area contributed by atoms with Crippen molar-refractivity contribution in [2.24, 2.45) is 5.92 Å². The topological polar surface area (TPSA) is 32.3 Å². The number of aromatic hydroxyl groups is 1. The van der Waals surface area contributed by atoms with Crippen LogP contribution in [0.3, 0.4) is 0 Å². The van der Waals surface area contributed by atoms with Gasteiger partial charge in [-0.1, -0.05) is 12.1 Å². The Bertz CT molecular complexity index is 329. The molecule has 2 atom stereocenters. The molecule has 0 aromatic heterocycles. The molecule has 0 amide bonds. The zero-order valence-electron chi connectivity index (χ0n) is 10.1. The number of phenolic OH excluding ortho intramolecular Hbond substituents is 1. The van der Waals surface area contributed by atoms with Crippen LogP contribution in [-0.2, 0) is 6.42 Å². The largest absolute Gasteiger partial charge is 0.508 e. The average Bonchev–Trinajstić information content (AvgIpc) is 3.04. The third kappa shape index (κ3) is 3.24. The number of phenols is 1. The van der Waals surface area contributed by atoms with Gasteiger partial charge in [-0.05, 0) is 56.7 Å². The summed E-state index contributed by atoms with van der Waals surface area (Å²) in [6.45, 7) is 4.51. The van der Waals surface area contributed by atoms with Crippen molar-refractivity contribution in [3.63, 3.8) is 0 Å². The normalized spacial score (nSPS) is 19.4. The van der Waals surface area contributed by atoms with Gasteiger partial charge in [0.05, 0.1) is 0 Å². The summed E-state index contributed by atoms with van der Waals surface area (Å²) in [7, 11) is 0. The fraction of sp³-hybridized carbons (Fsp3) is 0.571. The Labute approximate surface area is 97.7 Å². The van der Waals surface area contributed by atoms with Crippen molar-refractivity contribution in [3.8, 4) is 5.75 Å². The van der Waals surface area contributed by atoms with Gasteiger partial charge >= 0.3 is 0 Å². The molecule has 0 saturated heterocycles. The van der Waals surface area contributed by atoms with Gasteiger partial charge in [0.15, 0.2) is 0 Å². The summed E-state index contributed by atoms with van der Waals surface area (Å²) in [4.78, 5) is 0. The van der Waals surface area contributed by atoms with Crippen LogP contribution in [0.1, 0.15) is 32.3 Å². The van der Waals surface area contributed by atoms with Crippen LogP contribution in [0.5, 0.6) is 5.75 Å². The van der Waals surface area contributed by atoms with Crippen LogP contribution in [0.4, 0.5) is 0 Å². The van der Waals surface area contributed by atoms with Gasteiger partial charge in [0, 0.05) is 12.1 Å². The Morgan fingerprint density at radius 1 is 1.25 bits per heavy atom. The smallest absolute Gasteiger partial charge is 0.115 e. The molecule has 2 rings (SSSR count). The molecule has 0 spiro atoms. The molecule has 2 unspecified atom stereocenters. The molecular weight excluding hydrogens is 198 g/mol. The lowest BCUT2D eigenvalue weighted by Crippen LogP contribution is -2.37. The van der Waals surface area contributed by atoms with E-state index in [1.807, 2.05) is 12.1 Å². The van der Waals surface area contributed by atoms with E-state index in [4.69, 9.17) is 0 Å². The fourth-order valence-electron chi connectivity index (χ4n) is 2.23. The lowest BCUT2D eigenvalue weighted by Gasteiger charge is -2.19. The molecule has 0 bridgehead atoms. The molecule has 16 heavy (non-hydrogen) atoms. The first kappa shape index (κ1) is 11.5. The third-order valence-electron chi connectivity index (χ3n) is 3.35. The van der Waals surface area contributed by atoms with E-state index in [0.29, 0.717) is 17.8 Å². The molecule has 1 aromatic rings. The van der Waals surface area contributed by atoms with Crippen molar-refractivity contribution in [1.29, 1.82) is 0 Å². The van der Waals surface area contributed by atoms with Gasteiger partial charge in [-0.15, -0.1) is 0 Å². The molecule has 1 fully saturated rings. The summed E-state index contributed by atoms with van der Waals surface area (Å²) in [6.07, 6.45) is 3.80. The number of rotatable bonds is 5. The van der Waals surface area contributed by atoms with Crippen molar-refractivity contribution in [2.45, 2.75) is 45.2 Å². The lowest BCUT2D eigenvalue weighted by atomic mass is 10.1. The van der Waals surface area contributed by atoms with E-state index in [9.17, 15) is 5.11 Å². The molecule has 0 heterocycles. The summed E-state index contributed by atoms with van der Waals surface area (Å²) in [5, 5.41) is 12.8. The molecular formula is C14H21NO. The molecule has 2 heteroatoms. The summed E-state index contributed by atoms with van der Waals surface area (Å²) in [5.74, 6) is 1.25. The minimum Gasteiger partial charge on any atom is -0.508 e. The van der Waals surface area contributed by atoms with Crippen molar-refractivity contribution >= 4 is 0 Å². The van der Waals surface area contributed by atoms with Gasteiger partial charge in [-0.3, -0.25) is 0 Å². The molecule has 1 saturated carbocycles. The summed E-state index contributed by atoms with van der Waals surface area (Å²) < 4.78 is 0. The van der Waals surface area contributed by atoms with Crippen LogP contribution in [-0.4, -0.2) is 17.2 Å². The molecule has 2 nitrogen and oxygen atoms in total. The number of nitrogens with one attached hydrogen (secondary N) is 1. The van der Waals surface area contributed by atoms with Gasteiger partial charge in [0.25, 0.3) is 0 Å².